The van der Waals surface area contributed by atoms with E-state index in [-0.39, 0.29) is 10.6 Å². The number of hydrogen-bond donors (Lipinski definition) is 2. The first kappa shape index (κ1) is 13.2. The van der Waals surface area contributed by atoms with Crippen LogP contribution in [0.4, 0.5) is 18.9 Å². The molecule has 0 saturated carbocycles. The monoisotopic (exact) mass is 298 g/mol. The molecule has 0 radical (unpaired) electrons. The van der Waals surface area contributed by atoms with Gasteiger partial charge >= 0.3 is 25.3 Å². The number of nitrogens with two attached hydrogens (primary N) is 1. The number of anilines is 1. The Hall–Kier alpha value is -1.26. The van der Waals surface area contributed by atoms with Gasteiger partial charge in [-0.1, -0.05) is 0 Å². The molecular formula is C8H7F3N3O2S2+. The Morgan fingerprint density at radius 3 is 2.56 bits per heavy atom. The number of rotatable bonds is 1. The van der Waals surface area contributed by atoms with E-state index < -0.39 is 30.9 Å². The van der Waals surface area contributed by atoms with Crippen LogP contribution in [0.15, 0.2) is 27.5 Å². The average Bonchev–Trinajstić information content (AvgIpc) is 2.25. The highest BCUT2D eigenvalue weighted by atomic mass is 33.2. The molecule has 10 heteroatoms. The smallest absolute Gasteiger partial charge is 0.338 e. The molecule has 3 N–H and O–H groups in total. The summed E-state index contributed by atoms with van der Waals surface area (Å²) in [5.74, 6) is 0. The van der Waals surface area contributed by atoms with Crippen molar-refractivity contribution in [3.8, 4) is 0 Å². The summed E-state index contributed by atoms with van der Waals surface area (Å²) in [5.41, 5.74) is -0.698. The van der Waals surface area contributed by atoms with Gasteiger partial charge in [-0.25, -0.2) is 0 Å². The molecule has 0 bridgehead atoms. The first-order valence-electron chi connectivity index (χ1n) is 4.47. The summed E-state index contributed by atoms with van der Waals surface area (Å²) in [6.07, 6.45) is -3.45. The van der Waals surface area contributed by atoms with E-state index in [0.29, 0.717) is 0 Å². The highest BCUT2D eigenvalue weighted by Gasteiger charge is 2.43. The molecule has 5 nitrogen and oxygen atoms in total. The summed E-state index contributed by atoms with van der Waals surface area (Å²) in [4.78, 5) is -0.0881. The van der Waals surface area contributed by atoms with Crippen LogP contribution in [0, 0.1) is 0 Å². The number of benzene rings is 1. The minimum absolute atomic E-state index is 0.0881. The van der Waals surface area contributed by atoms with Crippen molar-refractivity contribution in [1.29, 1.82) is 0 Å². The summed E-state index contributed by atoms with van der Waals surface area (Å²) in [6, 6.07) is 2.75. The van der Waals surface area contributed by atoms with Crippen molar-refractivity contribution in [2.24, 2.45) is 9.54 Å². The van der Waals surface area contributed by atoms with Gasteiger partial charge in [0.25, 0.3) is 0 Å². The predicted octanol–water partition coefficient (Wildman–Crippen LogP) is 1.25. The lowest BCUT2D eigenvalue weighted by atomic mass is 10.2. The largest absolute Gasteiger partial charge is 0.416 e. The van der Waals surface area contributed by atoms with Crippen LogP contribution >= 0.6 is 0 Å². The highest BCUT2D eigenvalue weighted by Crippen LogP contribution is 2.36. The van der Waals surface area contributed by atoms with E-state index in [2.05, 4.69) is 9.71 Å². The van der Waals surface area contributed by atoms with Gasteiger partial charge in [0.15, 0.2) is 0 Å². The molecule has 98 valence electrons. The summed E-state index contributed by atoms with van der Waals surface area (Å²) in [6.45, 7) is 0. The van der Waals surface area contributed by atoms with E-state index in [4.69, 9.17) is 5.14 Å². The molecule has 1 aromatic rings. The fourth-order valence-corrected chi connectivity index (χ4v) is 4.18. The van der Waals surface area contributed by atoms with E-state index in [1.807, 2.05) is 0 Å². The van der Waals surface area contributed by atoms with Crippen LogP contribution in [0.2, 0.25) is 0 Å². The molecule has 0 aliphatic carbocycles. The summed E-state index contributed by atoms with van der Waals surface area (Å²) in [7, 11) is -5.90. The molecule has 0 fully saturated rings. The molecule has 18 heavy (non-hydrogen) atoms. The molecule has 1 heterocycles. The number of nitrogens with zero attached hydrogens (tertiary/aromatic N) is 1. The van der Waals surface area contributed by atoms with Crippen molar-refractivity contribution in [3.05, 3.63) is 23.8 Å². The Balaban J connectivity index is 2.58. The third-order valence-electron chi connectivity index (χ3n) is 2.09. The molecule has 2 rings (SSSR count). The summed E-state index contributed by atoms with van der Waals surface area (Å²) < 4.78 is 63.8. The molecule has 1 aliphatic rings. The molecule has 1 aromatic carbocycles. The number of halogens is 3. The van der Waals surface area contributed by atoms with Gasteiger partial charge in [0.1, 0.15) is 6.34 Å². The third kappa shape index (κ3) is 2.44. The molecule has 0 spiro atoms. The van der Waals surface area contributed by atoms with Crippen molar-refractivity contribution in [2.45, 2.75) is 11.1 Å². The van der Waals surface area contributed by atoms with Crippen molar-refractivity contribution >= 4 is 31.2 Å². The van der Waals surface area contributed by atoms with Gasteiger partial charge in [-0.05, 0) is 16.5 Å². The maximum atomic E-state index is 12.5. The Labute approximate surface area is 103 Å². The second kappa shape index (κ2) is 4.14. The van der Waals surface area contributed by atoms with Crippen molar-refractivity contribution in [2.75, 3.05) is 5.32 Å². The van der Waals surface area contributed by atoms with E-state index in [1.54, 1.807) is 0 Å². The minimum atomic E-state index is -4.55. The third-order valence-corrected chi connectivity index (χ3v) is 5.65. The zero-order valence-corrected chi connectivity index (χ0v) is 10.2. The molecule has 0 saturated heterocycles. The summed E-state index contributed by atoms with van der Waals surface area (Å²) in [5, 5.41) is 7.52. The standard InChI is InChI=1S/C8H7F3N3O2S2/c9-8(10,11)5-1-2-6-7(3-5)17(14-4-13-6)18(12,15)16/h1-4H,(H,13,14)(H2,12,15,16)/q+1. The molecule has 1 unspecified atom stereocenters. The minimum Gasteiger partial charge on any atom is -0.338 e. The van der Waals surface area contributed by atoms with Crippen LogP contribution in [0.5, 0.6) is 0 Å². The second-order valence-corrected chi connectivity index (χ2v) is 7.81. The quantitative estimate of drug-likeness (QED) is 0.604. The van der Waals surface area contributed by atoms with Crippen LogP contribution in [0.1, 0.15) is 5.56 Å². The van der Waals surface area contributed by atoms with Gasteiger partial charge in [-0.2, -0.15) is 26.7 Å². The van der Waals surface area contributed by atoms with Crippen LogP contribution in [0.3, 0.4) is 0 Å². The maximum absolute atomic E-state index is 12.5. The number of hydrogen-bond acceptors (Lipinski definition) is 4. The van der Waals surface area contributed by atoms with Crippen LogP contribution < -0.4 is 10.5 Å². The number of nitrogens with one attached hydrogen (secondary N) is 1. The Kier molecular flexibility index (Phi) is 3.03. The SMILES string of the molecule is NS(=O)(=O)[S+]1N=CNc2ccc(C(F)(F)F)cc21. The highest BCUT2D eigenvalue weighted by molar-refractivity contribution is 8.68. The van der Waals surface area contributed by atoms with Crippen molar-refractivity contribution in [3.63, 3.8) is 0 Å². The Morgan fingerprint density at radius 2 is 2.00 bits per heavy atom. The summed E-state index contributed by atoms with van der Waals surface area (Å²) >= 11 is 0. The van der Waals surface area contributed by atoms with Crippen LogP contribution in [-0.2, 0) is 25.3 Å². The number of fused-ring (bicyclic) bond motifs is 1. The lowest BCUT2D eigenvalue weighted by Crippen LogP contribution is -2.26. The van der Waals surface area contributed by atoms with E-state index in [9.17, 15) is 21.6 Å². The lowest BCUT2D eigenvalue weighted by molar-refractivity contribution is -0.137. The Bertz CT molecular complexity index is 613. The van der Waals surface area contributed by atoms with Gasteiger partial charge in [0, 0.05) is 6.07 Å². The predicted molar refractivity (Wildman–Crippen MR) is 62.3 cm³/mol. The zero-order valence-electron chi connectivity index (χ0n) is 8.60. The van der Waals surface area contributed by atoms with Crippen LogP contribution in [0.25, 0.3) is 0 Å². The molecule has 0 aromatic heterocycles. The number of alkyl halides is 3. The van der Waals surface area contributed by atoms with E-state index >= 15 is 0 Å². The fraction of sp³-hybridized carbons (Fsp3) is 0.125. The van der Waals surface area contributed by atoms with Crippen molar-refractivity contribution in [1.82, 2.24) is 0 Å². The first-order valence-corrected chi connectivity index (χ1v) is 7.72. The van der Waals surface area contributed by atoms with E-state index in [0.717, 1.165) is 24.5 Å². The van der Waals surface area contributed by atoms with Crippen molar-refractivity contribution < 1.29 is 21.6 Å². The van der Waals surface area contributed by atoms with E-state index in [1.165, 1.54) is 0 Å². The van der Waals surface area contributed by atoms with Gasteiger partial charge < -0.3 is 5.32 Å². The van der Waals surface area contributed by atoms with Gasteiger partial charge in [-0.15, -0.1) is 0 Å². The molecule has 1 atom stereocenters. The topological polar surface area (TPSA) is 84.6 Å². The Morgan fingerprint density at radius 1 is 1.33 bits per heavy atom. The fourth-order valence-electron chi connectivity index (χ4n) is 1.35. The van der Waals surface area contributed by atoms with Gasteiger partial charge in [-0.3, -0.25) is 0 Å². The molecule has 1 aliphatic heterocycles. The average molecular weight is 298 g/mol. The van der Waals surface area contributed by atoms with Gasteiger partial charge in [0.2, 0.25) is 4.90 Å². The normalized spacial score (nSPS) is 19.2. The second-order valence-electron chi connectivity index (χ2n) is 3.33. The van der Waals surface area contributed by atoms with Gasteiger partial charge in [0.05, 0.1) is 11.3 Å². The first-order chi connectivity index (χ1) is 8.19. The zero-order chi connectivity index (χ0) is 13.6. The molecule has 0 amide bonds. The molecular weight excluding hydrogens is 291 g/mol. The van der Waals surface area contributed by atoms with Crippen LogP contribution in [-0.4, -0.2) is 14.8 Å². The maximum Gasteiger partial charge on any atom is 0.416 e. The lowest BCUT2D eigenvalue weighted by Gasteiger charge is -2.12.